The Kier molecular flexibility index (Phi) is 5.28. The van der Waals surface area contributed by atoms with E-state index >= 15 is 0 Å². The SMILES string of the molecule is CC(C)C(=O)[C@@H]1OC(C)(C)N(C(=O)OC(C)(C)C)[C@H]1c1ccccc1. The number of carbonyl (C=O) groups excluding carboxylic acids is 2. The Morgan fingerprint density at radius 3 is 2.20 bits per heavy atom. The molecule has 0 radical (unpaired) electrons. The summed E-state index contributed by atoms with van der Waals surface area (Å²) in [4.78, 5) is 27.2. The van der Waals surface area contributed by atoms with Crippen LogP contribution in [0.5, 0.6) is 0 Å². The summed E-state index contributed by atoms with van der Waals surface area (Å²) >= 11 is 0. The summed E-state index contributed by atoms with van der Waals surface area (Å²) in [5, 5.41) is 0. The molecule has 5 heteroatoms. The largest absolute Gasteiger partial charge is 0.444 e. The molecule has 1 amide bonds. The van der Waals surface area contributed by atoms with Crippen molar-refractivity contribution in [1.82, 2.24) is 4.90 Å². The van der Waals surface area contributed by atoms with Crippen LogP contribution >= 0.6 is 0 Å². The zero-order valence-corrected chi connectivity index (χ0v) is 16.2. The number of ketones is 1. The molecule has 1 aliphatic heterocycles. The van der Waals surface area contributed by atoms with Gasteiger partial charge in [-0.15, -0.1) is 0 Å². The van der Waals surface area contributed by atoms with Crippen LogP contribution in [0.2, 0.25) is 0 Å². The minimum absolute atomic E-state index is 0.0204. The third kappa shape index (κ3) is 4.21. The molecule has 138 valence electrons. The normalized spacial score (nSPS) is 23.0. The molecule has 0 unspecified atom stereocenters. The van der Waals surface area contributed by atoms with Gasteiger partial charge in [-0.2, -0.15) is 0 Å². The molecule has 0 spiro atoms. The molecule has 1 saturated heterocycles. The highest BCUT2D eigenvalue weighted by Crippen LogP contribution is 2.43. The van der Waals surface area contributed by atoms with E-state index in [1.807, 2.05) is 65.0 Å². The zero-order valence-electron chi connectivity index (χ0n) is 16.2. The molecule has 1 heterocycles. The van der Waals surface area contributed by atoms with Gasteiger partial charge in [-0.1, -0.05) is 44.2 Å². The monoisotopic (exact) mass is 347 g/mol. The Balaban J connectivity index is 2.49. The molecule has 2 rings (SSSR count). The topological polar surface area (TPSA) is 55.8 Å². The van der Waals surface area contributed by atoms with Crippen molar-refractivity contribution in [3.05, 3.63) is 35.9 Å². The summed E-state index contributed by atoms with van der Waals surface area (Å²) < 4.78 is 11.7. The van der Waals surface area contributed by atoms with Gasteiger partial charge in [0.25, 0.3) is 0 Å². The maximum atomic E-state index is 12.9. The number of ether oxygens (including phenoxy) is 2. The predicted octanol–water partition coefficient (Wildman–Crippen LogP) is 4.32. The van der Waals surface area contributed by atoms with E-state index in [2.05, 4.69) is 0 Å². The van der Waals surface area contributed by atoms with Gasteiger partial charge < -0.3 is 9.47 Å². The second kappa shape index (κ2) is 6.79. The number of rotatable bonds is 3. The van der Waals surface area contributed by atoms with Crippen molar-refractivity contribution in [1.29, 1.82) is 0 Å². The van der Waals surface area contributed by atoms with Gasteiger partial charge in [-0.05, 0) is 40.2 Å². The number of nitrogens with zero attached hydrogens (tertiary/aromatic N) is 1. The lowest BCUT2D eigenvalue weighted by molar-refractivity contribution is -0.139. The van der Waals surface area contributed by atoms with Crippen molar-refractivity contribution in [2.45, 2.75) is 71.9 Å². The molecule has 1 aromatic carbocycles. The fourth-order valence-corrected chi connectivity index (χ4v) is 3.06. The number of Topliss-reactive ketones (excluding diaryl/α,β-unsaturated/α-hetero) is 1. The van der Waals surface area contributed by atoms with Crippen LogP contribution in [0.25, 0.3) is 0 Å². The second-order valence-corrected chi connectivity index (χ2v) is 8.25. The molecule has 1 aromatic rings. The van der Waals surface area contributed by atoms with Crippen molar-refractivity contribution in [3.63, 3.8) is 0 Å². The van der Waals surface area contributed by atoms with Crippen LogP contribution < -0.4 is 0 Å². The van der Waals surface area contributed by atoms with E-state index < -0.39 is 29.6 Å². The summed E-state index contributed by atoms with van der Waals surface area (Å²) in [7, 11) is 0. The van der Waals surface area contributed by atoms with Gasteiger partial charge >= 0.3 is 6.09 Å². The molecule has 1 fully saturated rings. The third-order valence-electron chi connectivity index (χ3n) is 4.14. The van der Waals surface area contributed by atoms with E-state index in [0.29, 0.717) is 0 Å². The van der Waals surface area contributed by atoms with E-state index in [0.717, 1.165) is 5.56 Å². The predicted molar refractivity (Wildman–Crippen MR) is 96.1 cm³/mol. The lowest BCUT2D eigenvalue weighted by atomic mass is 9.93. The fraction of sp³-hybridized carbons (Fsp3) is 0.600. The van der Waals surface area contributed by atoms with Crippen LogP contribution in [-0.4, -0.2) is 34.2 Å². The fourth-order valence-electron chi connectivity index (χ4n) is 3.06. The summed E-state index contributed by atoms with van der Waals surface area (Å²) in [6.45, 7) is 12.7. The summed E-state index contributed by atoms with van der Waals surface area (Å²) in [5.74, 6) is -0.210. The first-order valence-corrected chi connectivity index (χ1v) is 8.73. The smallest absolute Gasteiger partial charge is 0.413 e. The van der Waals surface area contributed by atoms with Gasteiger partial charge in [0.05, 0.1) is 6.04 Å². The first kappa shape index (κ1) is 19.4. The molecular weight excluding hydrogens is 318 g/mol. The Morgan fingerprint density at radius 2 is 1.72 bits per heavy atom. The van der Waals surface area contributed by atoms with E-state index in [4.69, 9.17) is 9.47 Å². The average Bonchev–Trinajstić information content (AvgIpc) is 2.77. The number of amides is 1. The third-order valence-corrected chi connectivity index (χ3v) is 4.14. The van der Waals surface area contributed by atoms with Crippen LogP contribution in [0.4, 0.5) is 4.79 Å². The summed E-state index contributed by atoms with van der Waals surface area (Å²) in [6.07, 6.45) is -1.20. The highest BCUT2D eigenvalue weighted by atomic mass is 16.6. The van der Waals surface area contributed by atoms with Gasteiger partial charge in [-0.25, -0.2) is 4.79 Å². The second-order valence-electron chi connectivity index (χ2n) is 8.25. The molecular formula is C20H29NO4. The zero-order chi connectivity index (χ0) is 19.0. The van der Waals surface area contributed by atoms with Crippen LogP contribution in [-0.2, 0) is 14.3 Å². The first-order valence-electron chi connectivity index (χ1n) is 8.73. The average molecular weight is 347 g/mol. The van der Waals surface area contributed by atoms with Crippen molar-refractivity contribution >= 4 is 11.9 Å². The number of benzene rings is 1. The lowest BCUT2D eigenvalue weighted by Crippen LogP contribution is -2.47. The number of carbonyl (C=O) groups is 2. The van der Waals surface area contributed by atoms with Crippen LogP contribution in [0.3, 0.4) is 0 Å². The van der Waals surface area contributed by atoms with Gasteiger partial charge in [0.1, 0.15) is 17.4 Å². The van der Waals surface area contributed by atoms with E-state index in [9.17, 15) is 9.59 Å². The van der Waals surface area contributed by atoms with Crippen molar-refractivity contribution in [2.24, 2.45) is 5.92 Å². The molecule has 0 bridgehead atoms. The van der Waals surface area contributed by atoms with E-state index in [1.54, 1.807) is 18.7 Å². The Hall–Kier alpha value is -1.88. The molecule has 0 aromatic heterocycles. The Morgan fingerprint density at radius 1 is 1.16 bits per heavy atom. The number of hydrogen-bond donors (Lipinski definition) is 0. The van der Waals surface area contributed by atoms with Gasteiger partial charge in [0.2, 0.25) is 0 Å². The molecule has 0 saturated carbocycles. The molecule has 2 atom stereocenters. The first-order chi connectivity index (χ1) is 11.4. The molecule has 1 aliphatic rings. The summed E-state index contributed by atoms with van der Waals surface area (Å²) in [5.41, 5.74) is -0.718. The molecule has 25 heavy (non-hydrogen) atoms. The van der Waals surface area contributed by atoms with Gasteiger partial charge in [0.15, 0.2) is 5.78 Å². The summed E-state index contributed by atoms with van der Waals surface area (Å²) in [6, 6.07) is 9.00. The standard InChI is InChI=1S/C20H29NO4/c1-13(2)16(22)17-15(14-11-9-8-10-12-14)21(20(6,7)24-17)18(23)25-19(3,4)5/h8-13,15,17H,1-7H3/t15-,17+/m0/s1. The molecule has 0 aliphatic carbocycles. The maximum absolute atomic E-state index is 12.9. The highest BCUT2D eigenvalue weighted by Gasteiger charge is 2.54. The maximum Gasteiger partial charge on any atom is 0.413 e. The minimum atomic E-state index is -0.946. The van der Waals surface area contributed by atoms with Gasteiger partial charge in [0, 0.05) is 5.92 Å². The lowest BCUT2D eigenvalue weighted by Gasteiger charge is -2.35. The quantitative estimate of drug-likeness (QED) is 0.817. The Bertz CT molecular complexity index is 631. The van der Waals surface area contributed by atoms with Crippen molar-refractivity contribution < 1.29 is 19.1 Å². The number of hydrogen-bond acceptors (Lipinski definition) is 4. The van der Waals surface area contributed by atoms with Crippen LogP contribution in [0.1, 0.15) is 60.1 Å². The van der Waals surface area contributed by atoms with Crippen molar-refractivity contribution in [2.75, 3.05) is 0 Å². The van der Waals surface area contributed by atoms with E-state index in [1.165, 1.54) is 0 Å². The minimum Gasteiger partial charge on any atom is -0.444 e. The highest BCUT2D eigenvalue weighted by molar-refractivity contribution is 5.87. The van der Waals surface area contributed by atoms with Crippen LogP contribution in [0.15, 0.2) is 30.3 Å². The van der Waals surface area contributed by atoms with Crippen LogP contribution in [0, 0.1) is 5.92 Å². The van der Waals surface area contributed by atoms with Crippen molar-refractivity contribution in [3.8, 4) is 0 Å². The molecule has 5 nitrogen and oxygen atoms in total. The Labute approximate surface area is 150 Å². The molecule has 0 N–H and O–H groups in total. The van der Waals surface area contributed by atoms with Gasteiger partial charge in [-0.3, -0.25) is 9.69 Å². The van der Waals surface area contributed by atoms with E-state index in [-0.39, 0.29) is 11.7 Å².